The number of hydrogen-bond acceptors (Lipinski definition) is 6. The van der Waals surface area contributed by atoms with Gasteiger partial charge in [0, 0.05) is 11.1 Å². The predicted octanol–water partition coefficient (Wildman–Crippen LogP) is 5.35. The fourth-order valence-corrected chi connectivity index (χ4v) is 4.75. The molecule has 8 nitrogen and oxygen atoms in total. The van der Waals surface area contributed by atoms with E-state index in [4.69, 9.17) is 46.4 Å². The smallest absolute Gasteiger partial charge is 0.266 e. The number of rotatable bonds is 4. The second-order valence-electron chi connectivity index (χ2n) is 7.71. The Morgan fingerprint density at radius 3 is 1.19 bits per heavy atom. The zero-order valence-corrected chi connectivity index (χ0v) is 20.5. The molecular weight excluding hydrogens is 554 g/mol. The standard InChI is InChI=1S/C24H8Cl4N2O6/c25-15-8-18(30-22(34)12-4-2-10(20(28)32)6-14(12)24(30)36)16(26)7-17(15)29-21(33)11-3-1-9(19(27)31)5-13(11)23(29)35/h1-8H. The maximum Gasteiger partial charge on any atom is 0.266 e. The molecule has 0 saturated heterocycles. The van der Waals surface area contributed by atoms with Crippen LogP contribution < -0.4 is 9.80 Å². The molecule has 0 radical (unpaired) electrons. The summed E-state index contributed by atoms with van der Waals surface area (Å²) in [6.07, 6.45) is 0. The van der Waals surface area contributed by atoms with Gasteiger partial charge in [-0.2, -0.15) is 0 Å². The number of fused-ring (bicyclic) bond motifs is 2. The van der Waals surface area contributed by atoms with E-state index in [9.17, 15) is 28.8 Å². The highest BCUT2D eigenvalue weighted by Gasteiger charge is 2.41. The third kappa shape index (κ3) is 3.53. The first-order chi connectivity index (χ1) is 17.0. The number of hydrogen-bond donors (Lipinski definition) is 0. The summed E-state index contributed by atoms with van der Waals surface area (Å²) in [5.74, 6) is -2.96. The van der Waals surface area contributed by atoms with Crippen molar-refractivity contribution in [3.05, 3.63) is 92.0 Å². The molecule has 2 aliphatic rings. The highest BCUT2D eigenvalue weighted by Crippen LogP contribution is 2.42. The molecule has 4 amide bonds. The molecule has 0 N–H and O–H groups in total. The molecular formula is C24H8Cl4N2O6. The first kappa shape index (κ1) is 24.1. The summed E-state index contributed by atoms with van der Waals surface area (Å²) in [5, 5.41) is -1.92. The molecule has 12 heteroatoms. The Balaban J connectivity index is 1.54. The third-order valence-corrected chi connectivity index (χ3v) is 6.77. The molecule has 0 unspecified atom stereocenters. The van der Waals surface area contributed by atoms with Gasteiger partial charge in [-0.3, -0.25) is 28.8 Å². The van der Waals surface area contributed by atoms with Crippen molar-refractivity contribution in [2.75, 3.05) is 9.80 Å². The average Bonchev–Trinajstić information content (AvgIpc) is 3.24. The Labute approximate surface area is 221 Å². The van der Waals surface area contributed by atoms with Crippen molar-refractivity contribution in [2.24, 2.45) is 0 Å². The van der Waals surface area contributed by atoms with E-state index in [2.05, 4.69) is 0 Å². The normalized spacial score (nSPS) is 14.4. The third-order valence-electron chi connectivity index (χ3n) is 5.73. The van der Waals surface area contributed by atoms with Crippen LogP contribution >= 0.6 is 46.4 Å². The minimum Gasteiger partial charge on any atom is -0.276 e. The van der Waals surface area contributed by atoms with Crippen LogP contribution in [0.15, 0.2) is 48.5 Å². The van der Waals surface area contributed by atoms with Gasteiger partial charge in [-0.1, -0.05) is 23.2 Å². The first-order valence-electron chi connectivity index (χ1n) is 9.95. The first-order valence-corrected chi connectivity index (χ1v) is 11.5. The van der Waals surface area contributed by atoms with Crippen molar-refractivity contribution < 1.29 is 28.8 Å². The van der Waals surface area contributed by atoms with Gasteiger partial charge in [0.25, 0.3) is 34.1 Å². The monoisotopic (exact) mass is 560 g/mol. The molecule has 3 aromatic rings. The molecule has 5 rings (SSSR count). The number of benzene rings is 3. The molecule has 0 aliphatic carbocycles. The van der Waals surface area contributed by atoms with Crippen LogP contribution in [-0.2, 0) is 0 Å². The Morgan fingerprint density at radius 1 is 0.528 bits per heavy atom. The lowest BCUT2D eigenvalue weighted by molar-refractivity contribution is 0.0909. The lowest BCUT2D eigenvalue weighted by atomic mass is 10.1. The van der Waals surface area contributed by atoms with E-state index in [0.717, 1.165) is 9.80 Å². The Morgan fingerprint density at radius 2 is 0.861 bits per heavy atom. The zero-order valence-electron chi connectivity index (χ0n) is 17.5. The molecule has 0 spiro atoms. The van der Waals surface area contributed by atoms with Crippen LogP contribution in [0.3, 0.4) is 0 Å². The molecule has 0 fully saturated rings. The molecule has 2 heterocycles. The van der Waals surface area contributed by atoms with Gasteiger partial charge in [0.2, 0.25) is 0 Å². The van der Waals surface area contributed by atoms with Crippen LogP contribution in [0.25, 0.3) is 0 Å². The second-order valence-corrected chi connectivity index (χ2v) is 9.22. The second kappa shape index (κ2) is 8.53. The average molecular weight is 562 g/mol. The van der Waals surface area contributed by atoms with Crippen LogP contribution in [0, 0.1) is 0 Å². The van der Waals surface area contributed by atoms with Crippen LogP contribution in [0.1, 0.15) is 62.1 Å². The summed E-state index contributed by atoms with van der Waals surface area (Å²) in [6, 6.07) is 9.97. The van der Waals surface area contributed by atoms with Gasteiger partial charge in [0.15, 0.2) is 0 Å². The summed E-state index contributed by atoms with van der Waals surface area (Å²) in [6.45, 7) is 0. The number of imide groups is 2. The number of amides is 4. The quantitative estimate of drug-likeness (QED) is 0.313. The van der Waals surface area contributed by atoms with Gasteiger partial charge in [0.05, 0.1) is 43.7 Å². The molecule has 2 aliphatic heterocycles. The van der Waals surface area contributed by atoms with Gasteiger partial charge in [-0.25, -0.2) is 9.80 Å². The van der Waals surface area contributed by atoms with Gasteiger partial charge >= 0.3 is 0 Å². The molecule has 0 aromatic heterocycles. The van der Waals surface area contributed by atoms with Gasteiger partial charge < -0.3 is 0 Å². The van der Waals surface area contributed by atoms with Gasteiger partial charge in [0.1, 0.15) is 0 Å². The zero-order chi connectivity index (χ0) is 26.0. The maximum absolute atomic E-state index is 13.0. The van der Waals surface area contributed by atoms with Crippen molar-refractivity contribution in [2.45, 2.75) is 0 Å². The molecule has 3 aromatic carbocycles. The summed E-state index contributed by atoms with van der Waals surface area (Å²) in [5.41, 5.74) is -0.166. The summed E-state index contributed by atoms with van der Waals surface area (Å²) in [4.78, 5) is 76.4. The van der Waals surface area contributed by atoms with E-state index >= 15 is 0 Å². The number of carbonyl (C=O) groups is 6. The largest absolute Gasteiger partial charge is 0.276 e. The highest BCUT2D eigenvalue weighted by molar-refractivity contribution is 6.68. The molecule has 0 bridgehead atoms. The lowest BCUT2D eigenvalue weighted by Crippen LogP contribution is -2.31. The fraction of sp³-hybridized carbons (Fsp3) is 0. The number of halogens is 4. The van der Waals surface area contributed by atoms with Crippen molar-refractivity contribution in [1.29, 1.82) is 0 Å². The van der Waals surface area contributed by atoms with Crippen LogP contribution in [0.4, 0.5) is 11.4 Å². The summed E-state index contributed by atoms with van der Waals surface area (Å²) in [7, 11) is 0. The Kier molecular flexibility index (Phi) is 5.72. The van der Waals surface area contributed by atoms with Crippen LogP contribution in [0.5, 0.6) is 0 Å². The predicted molar refractivity (Wildman–Crippen MR) is 132 cm³/mol. The molecule has 0 saturated carbocycles. The summed E-state index contributed by atoms with van der Waals surface area (Å²) < 4.78 is 0. The van der Waals surface area contributed by atoms with E-state index in [0.29, 0.717) is 0 Å². The van der Waals surface area contributed by atoms with E-state index in [-0.39, 0.29) is 54.8 Å². The van der Waals surface area contributed by atoms with Gasteiger partial charge in [-0.15, -0.1) is 0 Å². The summed E-state index contributed by atoms with van der Waals surface area (Å²) >= 11 is 23.8. The maximum atomic E-state index is 13.0. The molecule has 0 atom stereocenters. The van der Waals surface area contributed by atoms with E-state index in [1.54, 1.807) is 0 Å². The minimum atomic E-state index is -0.801. The van der Waals surface area contributed by atoms with E-state index in [1.165, 1.54) is 48.5 Å². The van der Waals surface area contributed by atoms with Crippen molar-refractivity contribution in [3.63, 3.8) is 0 Å². The van der Waals surface area contributed by atoms with E-state index < -0.39 is 34.1 Å². The lowest BCUT2D eigenvalue weighted by Gasteiger charge is -2.20. The van der Waals surface area contributed by atoms with Crippen molar-refractivity contribution in [3.8, 4) is 0 Å². The molecule has 36 heavy (non-hydrogen) atoms. The van der Waals surface area contributed by atoms with Crippen molar-refractivity contribution >= 4 is 91.9 Å². The van der Waals surface area contributed by atoms with Crippen LogP contribution in [0.2, 0.25) is 10.0 Å². The number of nitrogens with zero attached hydrogens (tertiary/aromatic N) is 2. The van der Waals surface area contributed by atoms with Gasteiger partial charge in [-0.05, 0) is 71.7 Å². The van der Waals surface area contributed by atoms with Crippen molar-refractivity contribution in [1.82, 2.24) is 0 Å². The fourth-order valence-electron chi connectivity index (χ4n) is 4.03. The number of anilines is 2. The minimum absolute atomic E-state index is 0.0301. The highest BCUT2D eigenvalue weighted by atomic mass is 35.5. The number of carbonyl (C=O) groups excluding carboxylic acids is 6. The molecule has 178 valence electrons. The Bertz CT molecular complexity index is 1500. The Hall–Kier alpha value is -3.56. The topological polar surface area (TPSA) is 109 Å². The SMILES string of the molecule is O=C(Cl)c1ccc2c(c1)C(=O)N(c1cc(Cl)c(N3C(=O)c4ccc(C(=O)Cl)cc4C3=O)cc1Cl)C2=O. The van der Waals surface area contributed by atoms with Crippen LogP contribution in [-0.4, -0.2) is 34.1 Å². The van der Waals surface area contributed by atoms with E-state index in [1.807, 2.05) is 0 Å².